The average molecular weight is 393 g/mol. The fourth-order valence-electron chi connectivity index (χ4n) is 3.47. The van der Waals surface area contributed by atoms with Gasteiger partial charge in [0.05, 0.1) is 16.8 Å². The highest BCUT2D eigenvalue weighted by molar-refractivity contribution is 6.21. The molecule has 0 spiro atoms. The minimum absolute atomic E-state index is 0.00606. The number of rotatable bonds is 4. The quantitative estimate of drug-likeness (QED) is 0.802. The molecule has 4 rings (SSSR count). The van der Waals surface area contributed by atoms with E-state index in [0.717, 1.165) is 4.90 Å². The van der Waals surface area contributed by atoms with Crippen LogP contribution in [0.2, 0.25) is 0 Å². The highest BCUT2D eigenvalue weighted by Gasteiger charge is 2.35. The van der Waals surface area contributed by atoms with Crippen molar-refractivity contribution in [3.63, 3.8) is 0 Å². The first-order valence-corrected chi connectivity index (χ1v) is 9.20. The van der Waals surface area contributed by atoms with E-state index in [1.807, 2.05) is 0 Å². The number of hydrogen-bond acceptors (Lipinski definition) is 5. The van der Waals surface area contributed by atoms with Crippen LogP contribution in [0.5, 0.6) is 5.75 Å². The molecule has 0 aromatic heterocycles. The van der Waals surface area contributed by atoms with Crippen molar-refractivity contribution in [2.75, 3.05) is 23.8 Å². The molecule has 0 aliphatic carbocycles. The lowest BCUT2D eigenvalue weighted by atomic mass is 10.1. The zero-order chi connectivity index (χ0) is 20.7. The van der Waals surface area contributed by atoms with E-state index in [-0.39, 0.29) is 36.6 Å². The monoisotopic (exact) mass is 393 g/mol. The van der Waals surface area contributed by atoms with Gasteiger partial charge < -0.3 is 15.0 Å². The van der Waals surface area contributed by atoms with Crippen molar-refractivity contribution in [1.29, 1.82) is 0 Å². The molecule has 0 radical (unpaired) electrons. The van der Waals surface area contributed by atoms with Crippen LogP contribution in [0.15, 0.2) is 42.5 Å². The fourth-order valence-corrected chi connectivity index (χ4v) is 3.47. The lowest BCUT2D eigenvalue weighted by Gasteiger charge is -2.30. The third-order valence-electron chi connectivity index (χ3n) is 5.03. The van der Waals surface area contributed by atoms with Crippen LogP contribution in [-0.4, -0.2) is 48.2 Å². The van der Waals surface area contributed by atoms with Gasteiger partial charge in [0.15, 0.2) is 6.10 Å². The van der Waals surface area contributed by atoms with Gasteiger partial charge in [0.1, 0.15) is 5.75 Å². The highest BCUT2D eigenvalue weighted by Crippen LogP contribution is 2.35. The van der Waals surface area contributed by atoms with Gasteiger partial charge in [-0.25, -0.2) is 0 Å². The van der Waals surface area contributed by atoms with E-state index in [4.69, 9.17) is 4.74 Å². The Labute approximate surface area is 167 Å². The Hall–Kier alpha value is -3.68. The van der Waals surface area contributed by atoms with Gasteiger partial charge in [0, 0.05) is 31.8 Å². The molecule has 0 saturated heterocycles. The first-order chi connectivity index (χ1) is 13.9. The van der Waals surface area contributed by atoms with Crippen molar-refractivity contribution in [2.24, 2.45) is 0 Å². The normalized spacial score (nSPS) is 17.7. The van der Waals surface area contributed by atoms with Crippen molar-refractivity contribution in [3.05, 3.63) is 53.6 Å². The maximum atomic E-state index is 12.4. The number of anilines is 2. The summed E-state index contributed by atoms with van der Waals surface area (Å²) < 4.78 is 5.60. The van der Waals surface area contributed by atoms with Crippen molar-refractivity contribution in [1.82, 2.24) is 4.90 Å². The molecule has 0 bridgehead atoms. The Morgan fingerprint density at radius 2 is 1.72 bits per heavy atom. The molecule has 29 heavy (non-hydrogen) atoms. The van der Waals surface area contributed by atoms with Crippen molar-refractivity contribution < 1.29 is 23.9 Å². The summed E-state index contributed by atoms with van der Waals surface area (Å²) in [7, 11) is 1.67. The maximum absolute atomic E-state index is 12.4. The van der Waals surface area contributed by atoms with Gasteiger partial charge in [-0.2, -0.15) is 0 Å². The Morgan fingerprint density at radius 3 is 2.38 bits per heavy atom. The van der Waals surface area contributed by atoms with Gasteiger partial charge in [-0.3, -0.25) is 24.1 Å². The molecule has 2 aliphatic heterocycles. The SMILES string of the molecule is CC1Oc2cc(NC(=O)CCN3C(=O)c4ccccc4C3=O)ccc2N(C)C1=O. The number of likely N-dealkylation sites (N-methyl/N-ethyl adjacent to an activating group) is 1. The van der Waals surface area contributed by atoms with Gasteiger partial charge in [0.2, 0.25) is 5.91 Å². The summed E-state index contributed by atoms with van der Waals surface area (Å²) in [5.41, 5.74) is 1.85. The first kappa shape index (κ1) is 18.7. The molecule has 2 aromatic rings. The van der Waals surface area contributed by atoms with Gasteiger partial charge in [0.25, 0.3) is 17.7 Å². The molecule has 4 amide bonds. The summed E-state index contributed by atoms with van der Waals surface area (Å²) in [5.74, 6) is -0.757. The number of fused-ring (bicyclic) bond motifs is 2. The van der Waals surface area contributed by atoms with Gasteiger partial charge in [-0.05, 0) is 31.2 Å². The predicted molar refractivity (Wildman–Crippen MR) is 105 cm³/mol. The van der Waals surface area contributed by atoms with Crippen molar-refractivity contribution in [3.8, 4) is 5.75 Å². The number of hydrogen-bond donors (Lipinski definition) is 1. The largest absolute Gasteiger partial charge is 0.479 e. The predicted octanol–water partition coefficient (Wildman–Crippen LogP) is 2.06. The third kappa shape index (κ3) is 3.22. The highest BCUT2D eigenvalue weighted by atomic mass is 16.5. The molecular formula is C21H19N3O5. The Bertz CT molecular complexity index is 1010. The van der Waals surface area contributed by atoms with E-state index in [2.05, 4.69) is 5.32 Å². The van der Waals surface area contributed by atoms with E-state index in [1.54, 1.807) is 56.4 Å². The van der Waals surface area contributed by atoms with Gasteiger partial charge in [-0.1, -0.05) is 12.1 Å². The third-order valence-corrected chi connectivity index (χ3v) is 5.03. The summed E-state index contributed by atoms with van der Waals surface area (Å²) >= 11 is 0. The second-order valence-corrected chi connectivity index (χ2v) is 6.95. The van der Waals surface area contributed by atoms with E-state index < -0.39 is 6.10 Å². The van der Waals surface area contributed by atoms with Crippen LogP contribution in [0.4, 0.5) is 11.4 Å². The van der Waals surface area contributed by atoms with Crippen molar-refractivity contribution in [2.45, 2.75) is 19.4 Å². The molecule has 0 saturated carbocycles. The molecule has 1 atom stereocenters. The van der Waals surface area contributed by atoms with Crippen molar-refractivity contribution >= 4 is 35.0 Å². The second-order valence-electron chi connectivity index (χ2n) is 6.95. The number of carbonyl (C=O) groups is 4. The lowest BCUT2D eigenvalue weighted by Crippen LogP contribution is -2.41. The maximum Gasteiger partial charge on any atom is 0.267 e. The second kappa shape index (κ2) is 7.05. The Morgan fingerprint density at radius 1 is 1.07 bits per heavy atom. The number of benzene rings is 2. The number of nitrogens with one attached hydrogen (secondary N) is 1. The first-order valence-electron chi connectivity index (χ1n) is 9.20. The van der Waals surface area contributed by atoms with Crippen LogP contribution >= 0.6 is 0 Å². The Balaban J connectivity index is 1.40. The molecule has 8 nitrogen and oxygen atoms in total. The number of nitrogens with zero attached hydrogens (tertiary/aromatic N) is 2. The zero-order valence-electron chi connectivity index (χ0n) is 16.0. The molecule has 2 aromatic carbocycles. The van der Waals surface area contributed by atoms with Crippen LogP contribution in [0.1, 0.15) is 34.1 Å². The number of imide groups is 1. The van der Waals surface area contributed by atoms with Gasteiger partial charge in [-0.15, -0.1) is 0 Å². The average Bonchev–Trinajstić information content (AvgIpc) is 2.95. The zero-order valence-corrected chi connectivity index (χ0v) is 16.0. The van der Waals surface area contributed by atoms with E-state index >= 15 is 0 Å². The molecular weight excluding hydrogens is 374 g/mol. The van der Waals surface area contributed by atoms with E-state index in [9.17, 15) is 19.2 Å². The van der Waals surface area contributed by atoms with Crippen LogP contribution in [0.3, 0.4) is 0 Å². The van der Waals surface area contributed by atoms with Crippen LogP contribution in [0.25, 0.3) is 0 Å². The van der Waals surface area contributed by atoms with Crippen LogP contribution < -0.4 is 15.0 Å². The summed E-state index contributed by atoms with van der Waals surface area (Å²) in [6.45, 7) is 1.66. The molecule has 8 heteroatoms. The molecule has 2 heterocycles. The smallest absolute Gasteiger partial charge is 0.267 e. The molecule has 2 aliphatic rings. The standard InChI is InChI=1S/C21H19N3O5/c1-12-19(26)23(2)16-8-7-13(11-17(16)29-12)22-18(25)9-10-24-20(27)14-5-3-4-6-15(14)21(24)28/h3-8,11-12H,9-10H2,1-2H3,(H,22,25). The minimum Gasteiger partial charge on any atom is -0.479 e. The molecule has 0 fully saturated rings. The Kier molecular flexibility index (Phi) is 4.54. The van der Waals surface area contributed by atoms with Crippen LogP contribution in [-0.2, 0) is 9.59 Å². The van der Waals surface area contributed by atoms with Crippen LogP contribution in [0, 0.1) is 0 Å². The molecule has 1 unspecified atom stereocenters. The topological polar surface area (TPSA) is 96.0 Å². The summed E-state index contributed by atoms with van der Waals surface area (Å²) in [6.07, 6.45) is -0.634. The van der Waals surface area contributed by atoms with Gasteiger partial charge >= 0.3 is 0 Å². The fraction of sp³-hybridized carbons (Fsp3) is 0.238. The number of ether oxygens (including phenoxy) is 1. The molecule has 148 valence electrons. The molecule has 1 N–H and O–H groups in total. The number of amides is 4. The minimum atomic E-state index is -0.604. The summed E-state index contributed by atoms with van der Waals surface area (Å²) in [5, 5.41) is 2.74. The van der Waals surface area contributed by atoms with E-state index in [1.165, 1.54) is 4.90 Å². The number of carbonyl (C=O) groups excluding carboxylic acids is 4. The summed E-state index contributed by atoms with van der Waals surface area (Å²) in [6, 6.07) is 11.6. The lowest BCUT2D eigenvalue weighted by molar-refractivity contribution is -0.125. The van der Waals surface area contributed by atoms with E-state index in [0.29, 0.717) is 28.3 Å². The summed E-state index contributed by atoms with van der Waals surface area (Å²) in [4.78, 5) is 51.6.